The first kappa shape index (κ1) is 33.2. The number of para-hydroxylation sites is 1. The van der Waals surface area contributed by atoms with Gasteiger partial charge in [0.15, 0.2) is 24.6 Å². The second-order valence-electron chi connectivity index (χ2n) is 14.3. The standard InChI is InChI=1S/C51H33N4OP/c56-57(40-18-8-3-9-19-40)46-23-13-11-20-41(46)42-32-33-45-47(48(42)57)43-21-10-12-22-44(43)55(45)39-30-28-38(29-31-39)51-53-49(36-16-6-2-7-17-36)52-50(54-51)37-26-24-35(25-27-37)34-14-4-1-5-15-34/h1-33H. The van der Waals surface area contributed by atoms with Crippen LogP contribution in [0.15, 0.2) is 200 Å². The van der Waals surface area contributed by atoms with Crippen LogP contribution in [-0.4, -0.2) is 19.5 Å². The van der Waals surface area contributed by atoms with Gasteiger partial charge in [-0.1, -0.05) is 164 Å². The molecule has 0 saturated carbocycles. The average molecular weight is 749 g/mol. The molecule has 0 N–H and O–H groups in total. The van der Waals surface area contributed by atoms with Gasteiger partial charge in [0.2, 0.25) is 0 Å². The zero-order valence-electron chi connectivity index (χ0n) is 30.7. The highest BCUT2D eigenvalue weighted by atomic mass is 31.2. The van der Waals surface area contributed by atoms with Crippen molar-refractivity contribution >= 4 is 44.9 Å². The molecule has 1 aliphatic rings. The molecule has 0 amide bonds. The molecule has 0 bridgehead atoms. The Morgan fingerprint density at radius 1 is 0.386 bits per heavy atom. The van der Waals surface area contributed by atoms with Gasteiger partial charge in [-0.15, -0.1) is 0 Å². The van der Waals surface area contributed by atoms with Gasteiger partial charge in [0.1, 0.15) is 0 Å². The molecule has 11 rings (SSSR count). The minimum absolute atomic E-state index is 0.596. The van der Waals surface area contributed by atoms with Crippen LogP contribution in [0.1, 0.15) is 0 Å². The van der Waals surface area contributed by atoms with Crippen LogP contribution in [0.5, 0.6) is 0 Å². The highest BCUT2D eigenvalue weighted by Crippen LogP contribution is 2.55. The largest absolute Gasteiger partial charge is 0.309 e. The lowest BCUT2D eigenvalue weighted by Crippen LogP contribution is -2.21. The summed E-state index contributed by atoms with van der Waals surface area (Å²) >= 11 is 0. The predicted octanol–water partition coefficient (Wildman–Crippen LogP) is 11.3. The van der Waals surface area contributed by atoms with Crippen molar-refractivity contribution in [1.29, 1.82) is 0 Å². The summed E-state index contributed by atoms with van der Waals surface area (Å²) in [5.74, 6) is 1.83. The quantitative estimate of drug-likeness (QED) is 0.159. The summed E-state index contributed by atoms with van der Waals surface area (Å²) in [6.45, 7) is 0. The zero-order chi connectivity index (χ0) is 37.9. The Morgan fingerprint density at radius 2 is 0.877 bits per heavy atom. The minimum Gasteiger partial charge on any atom is -0.309 e. The van der Waals surface area contributed by atoms with Gasteiger partial charge in [-0.05, 0) is 58.7 Å². The first-order chi connectivity index (χ1) is 28.1. The van der Waals surface area contributed by atoms with E-state index in [2.05, 4.69) is 120 Å². The molecule has 57 heavy (non-hydrogen) atoms. The van der Waals surface area contributed by atoms with Gasteiger partial charge in [-0.3, -0.25) is 0 Å². The third-order valence-corrected chi connectivity index (χ3v) is 14.3. The summed E-state index contributed by atoms with van der Waals surface area (Å²) < 4.78 is 18.1. The van der Waals surface area contributed by atoms with E-state index in [4.69, 9.17) is 15.0 Å². The van der Waals surface area contributed by atoms with E-state index in [0.717, 1.165) is 82.4 Å². The highest BCUT2D eigenvalue weighted by molar-refractivity contribution is 7.86. The van der Waals surface area contributed by atoms with E-state index >= 15 is 4.57 Å². The molecule has 8 aromatic carbocycles. The summed E-state index contributed by atoms with van der Waals surface area (Å²) in [5, 5.41) is 4.78. The fraction of sp³-hybridized carbons (Fsp3) is 0. The first-order valence-corrected chi connectivity index (χ1v) is 20.8. The Bertz CT molecular complexity index is 3180. The smallest absolute Gasteiger partial charge is 0.172 e. The maximum Gasteiger partial charge on any atom is 0.172 e. The van der Waals surface area contributed by atoms with Gasteiger partial charge >= 0.3 is 0 Å². The number of benzene rings is 8. The molecule has 268 valence electrons. The molecule has 3 heterocycles. The lowest BCUT2D eigenvalue weighted by Gasteiger charge is -2.17. The number of rotatable bonds is 6. The molecule has 6 heteroatoms. The minimum atomic E-state index is -3.19. The summed E-state index contributed by atoms with van der Waals surface area (Å²) in [6, 6.07) is 68.2. The van der Waals surface area contributed by atoms with Crippen LogP contribution in [0.3, 0.4) is 0 Å². The number of hydrogen-bond donors (Lipinski definition) is 0. The number of nitrogens with zero attached hydrogens (tertiary/aromatic N) is 4. The fourth-order valence-corrected chi connectivity index (χ4v) is 11.7. The summed E-state index contributed by atoms with van der Waals surface area (Å²) in [5.41, 5.74) is 10.2. The van der Waals surface area contributed by atoms with Crippen LogP contribution in [-0.2, 0) is 4.57 Å². The molecule has 5 nitrogen and oxygen atoms in total. The van der Waals surface area contributed by atoms with Crippen molar-refractivity contribution in [3.63, 3.8) is 0 Å². The zero-order valence-corrected chi connectivity index (χ0v) is 31.6. The number of hydrogen-bond acceptors (Lipinski definition) is 4. The van der Waals surface area contributed by atoms with Gasteiger partial charge in [0, 0.05) is 49.1 Å². The van der Waals surface area contributed by atoms with Crippen LogP contribution in [0.4, 0.5) is 0 Å². The molecular weight excluding hydrogens is 716 g/mol. The SMILES string of the molecule is O=P1(c2ccccc2)c2ccccc2-c2ccc3c(c21)c1ccccc1n3-c1ccc(-c2nc(-c3ccccc3)nc(-c3ccc(-c4ccccc4)cc3)n2)cc1. The van der Waals surface area contributed by atoms with E-state index in [1.54, 1.807) is 0 Å². The Balaban J connectivity index is 1.05. The van der Waals surface area contributed by atoms with E-state index in [0.29, 0.717) is 17.5 Å². The number of fused-ring (bicyclic) bond motifs is 7. The van der Waals surface area contributed by atoms with Crippen molar-refractivity contribution in [3.8, 4) is 62.1 Å². The number of aromatic nitrogens is 4. The van der Waals surface area contributed by atoms with Crippen LogP contribution in [0.25, 0.3) is 83.9 Å². The molecule has 0 spiro atoms. The van der Waals surface area contributed by atoms with Crippen LogP contribution < -0.4 is 15.9 Å². The van der Waals surface area contributed by atoms with Crippen molar-refractivity contribution in [3.05, 3.63) is 200 Å². The molecule has 1 aliphatic heterocycles. The third kappa shape index (κ3) is 5.32. The van der Waals surface area contributed by atoms with E-state index in [-0.39, 0.29) is 0 Å². The third-order valence-electron chi connectivity index (χ3n) is 11.1. The Morgan fingerprint density at radius 3 is 1.54 bits per heavy atom. The van der Waals surface area contributed by atoms with E-state index in [1.165, 1.54) is 0 Å². The Kier molecular flexibility index (Phi) is 7.70. The van der Waals surface area contributed by atoms with Crippen LogP contribution in [0.2, 0.25) is 0 Å². The monoisotopic (exact) mass is 748 g/mol. The second-order valence-corrected chi connectivity index (χ2v) is 17.0. The second kappa shape index (κ2) is 13.2. The van der Waals surface area contributed by atoms with E-state index < -0.39 is 7.14 Å². The normalized spacial score (nSPS) is 14.5. The molecule has 0 radical (unpaired) electrons. The molecular formula is C51H33N4OP. The fourth-order valence-electron chi connectivity index (χ4n) is 8.42. The van der Waals surface area contributed by atoms with Crippen molar-refractivity contribution < 1.29 is 4.57 Å². The molecule has 1 unspecified atom stereocenters. The molecule has 0 fully saturated rings. The lowest BCUT2D eigenvalue weighted by molar-refractivity contribution is 0.593. The van der Waals surface area contributed by atoms with Gasteiger partial charge in [0.05, 0.1) is 11.0 Å². The Labute approximate surface area is 330 Å². The summed E-state index contributed by atoms with van der Waals surface area (Å²) in [4.78, 5) is 15.0. The van der Waals surface area contributed by atoms with Crippen LogP contribution in [0, 0.1) is 0 Å². The molecule has 10 aromatic rings. The topological polar surface area (TPSA) is 60.7 Å². The predicted molar refractivity (Wildman–Crippen MR) is 234 cm³/mol. The van der Waals surface area contributed by atoms with Gasteiger partial charge < -0.3 is 9.13 Å². The van der Waals surface area contributed by atoms with Gasteiger partial charge in [0.25, 0.3) is 0 Å². The molecule has 0 aliphatic carbocycles. The maximum atomic E-state index is 15.8. The van der Waals surface area contributed by atoms with E-state index in [9.17, 15) is 0 Å². The van der Waals surface area contributed by atoms with Crippen molar-refractivity contribution in [2.24, 2.45) is 0 Å². The molecule has 2 aromatic heterocycles. The van der Waals surface area contributed by atoms with Crippen molar-refractivity contribution in [1.82, 2.24) is 19.5 Å². The average Bonchev–Trinajstić information content (AvgIpc) is 3.77. The first-order valence-electron chi connectivity index (χ1n) is 19.1. The van der Waals surface area contributed by atoms with Gasteiger partial charge in [-0.2, -0.15) is 0 Å². The lowest BCUT2D eigenvalue weighted by atomic mass is 10.0. The van der Waals surface area contributed by atoms with Gasteiger partial charge in [-0.25, -0.2) is 15.0 Å². The highest BCUT2D eigenvalue weighted by Gasteiger charge is 2.42. The Hall–Kier alpha value is -7.20. The van der Waals surface area contributed by atoms with Crippen molar-refractivity contribution in [2.75, 3.05) is 0 Å². The van der Waals surface area contributed by atoms with Crippen molar-refractivity contribution in [2.45, 2.75) is 0 Å². The van der Waals surface area contributed by atoms with Crippen LogP contribution >= 0.6 is 7.14 Å². The van der Waals surface area contributed by atoms with E-state index in [1.807, 2.05) is 84.9 Å². The maximum absolute atomic E-state index is 15.8. The molecule has 1 atom stereocenters. The molecule has 0 saturated heterocycles. The summed E-state index contributed by atoms with van der Waals surface area (Å²) in [6.07, 6.45) is 0. The summed E-state index contributed by atoms with van der Waals surface area (Å²) in [7, 11) is -3.19.